The number of hydrogen-bond donors (Lipinski definition) is 2. The maximum Gasteiger partial charge on any atom is 0.151 e. The lowest BCUT2D eigenvalue weighted by molar-refractivity contribution is 0.631. The molecule has 136 valence electrons. The number of rotatable bonds is 5. The molecule has 0 saturated carbocycles. The number of thiazole rings is 1. The second-order valence-electron chi connectivity index (χ2n) is 5.67. The molecule has 0 bridgehead atoms. The number of halogens is 2. The zero-order chi connectivity index (χ0) is 18.8. The van der Waals surface area contributed by atoms with Crippen molar-refractivity contribution in [1.29, 1.82) is 0 Å². The molecule has 0 atom stereocenters. The van der Waals surface area contributed by atoms with Crippen LogP contribution >= 0.6 is 22.9 Å². The predicted octanol–water partition coefficient (Wildman–Crippen LogP) is 4.40. The van der Waals surface area contributed by atoms with Gasteiger partial charge in [-0.05, 0) is 25.2 Å². The summed E-state index contributed by atoms with van der Waals surface area (Å²) in [6, 6.07) is 6.36. The summed E-state index contributed by atoms with van der Waals surface area (Å²) in [6.07, 6.45) is 4.97. The van der Waals surface area contributed by atoms with Gasteiger partial charge in [-0.1, -0.05) is 17.7 Å². The Morgan fingerprint density at radius 3 is 2.78 bits per heavy atom. The molecule has 0 spiro atoms. The van der Waals surface area contributed by atoms with E-state index in [1.165, 1.54) is 17.4 Å². The number of fused-ring (bicyclic) bond motifs is 1. The maximum absolute atomic E-state index is 14.2. The van der Waals surface area contributed by atoms with Crippen molar-refractivity contribution in [3.8, 4) is 10.6 Å². The van der Waals surface area contributed by atoms with Crippen LogP contribution in [0.25, 0.3) is 20.8 Å². The number of nitrogens with zero attached hydrogens (tertiary/aromatic N) is 4. The third kappa shape index (κ3) is 3.59. The fourth-order valence-electron chi connectivity index (χ4n) is 2.57. The number of hydrogen-bond acceptors (Lipinski definition) is 7. The van der Waals surface area contributed by atoms with Crippen molar-refractivity contribution >= 4 is 44.8 Å². The third-order valence-corrected chi connectivity index (χ3v) is 5.20. The van der Waals surface area contributed by atoms with Crippen LogP contribution in [0.2, 0.25) is 5.02 Å². The standard InChI is InChI=1S/C18H14ClFN6S/c1-21-7-10-8-24-14(9-23-10)26-17-16-13(5-6-22-17)25-18(27-16)15-11(19)3-2-4-12(15)20/h2-6,8-9,21H,7H2,1H3,(H,22,24,26). The van der Waals surface area contributed by atoms with Crippen molar-refractivity contribution < 1.29 is 4.39 Å². The average Bonchev–Trinajstić information content (AvgIpc) is 3.08. The Bertz CT molecular complexity index is 1080. The van der Waals surface area contributed by atoms with Gasteiger partial charge in [0.05, 0.1) is 38.9 Å². The van der Waals surface area contributed by atoms with Gasteiger partial charge in [-0.15, -0.1) is 11.3 Å². The van der Waals surface area contributed by atoms with Gasteiger partial charge in [-0.2, -0.15) is 0 Å². The van der Waals surface area contributed by atoms with Crippen molar-refractivity contribution in [2.45, 2.75) is 6.54 Å². The van der Waals surface area contributed by atoms with Gasteiger partial charge in [-0.25, -0.2) is 19.3 Å². The van der Waals surface area contributed by atoms with E-state index in [0.29, 0.717) is 39.3 Å². The van der Waals surface area contributed by atoms with E-state index in [0.717, 1.165) is 10.4 Å². The minimum Gasteiger partial charge on any atom is -0.322 e. The summed E-state index contributed by atoms with van der Waals surface area (Å²) in [7, 11) is 1.85. The molecule has 0 unspecified atom stereocenters. The summed E-state index contributed by atoms with van der Waals surface area (Å²) in [6.45, 7) is 0.642. The normalized spacial score (nSPS) is 11.1. The number of benzene rings is 1. The molecule has 9 heteroatoms. The highest BCUT2D eigenvalue weighted by Gasteiger charge is 2.16. The van der Waals surface area contributed by atoms with Crippen LogP contribution in [0.1, 0.15) is 5.69 Å². The molecular weight excluding hydrogens is 387 g/mol. The van der Waals surface area contributed by atoms with E-state index in [2.05, 4.69) is 30.6 Å². The Morgan fingerprint density at radius 2 is 2.04 bits per heavy atom. The highest BCUT2D eigenvalue weighted by molar-refractivity contribution is 7.22. The molecule has 0 amide bonds. The molecular formula is C18H14ClFN6S. The zero-order valence-corrected chi connectivity index (χ0v) is 15.8. The molecule has 0 aliphatic heterocycles. The predicted molar refractivity (Wildman–Crippen MR) is 106 cm³/mol. The van der Waals surface area contributed by atoms with Crippen molar-refractivity contribution in [2.75, 3.05) is 12.4 Å². The monoisotopic (exact) mass is 400 g/mol. The highest BCUT2D eigenvalue weighted by atomic mass is 35.5. The fraction of sp³-hybridized carbons (Fsp3) is 0.111. The van der Waals surface area contributed by atoms with Crippen LogP contribution in [0.5, 0.6) is 0 Å². The Kier molecular flexibility index (Phi) is 4.93. The first kappa shape index (κ1) is 17.7. The van der Waals surface area contributed by atoms with Crippen molar-refractivity contribution in [3.05, 3.63) is 59.4 Å². The Labute approximate surface area is 163 Å². The van der Waals surface area contributed by atoms with Crippen LogP contribution in [-0.4, -0.2) is 27.0 Å². The molecule has 3 heterocycles. The highest BCUT2D eigenvalue weighted by Crippen LogP contribution is 2.38. The van der Waals surface area contributed by atoms with Crippen molar-refractivity contribution in [2.24, 2.45) is 0 Å². The lowest BCUT2D eigenvalue weighted by atomic mass is 10.2. The van der Waals surface area contributed by atoms with Crippen molar-refractivity contribution in [3.63, 3.8) is 0 Å². The maximum atomic E-state index is 14.2. The Hall–Kier alpha value is -2.68. The second-order valence-corrected chi connectivity index (χ2v) is 7.08. The molecule has 0 aliphatic carbocycles. The summed E-state index contributed by atoms with van der Waals surface area (Å²) in [5.74, 6) is 0.739. The SMILES string of the molecule is CNCc1cnc(Nc2nccc3nc(-c4c(F)cccc4Cl)sc23)cn1. The van der Waals surface area contributed by atoms with E-state index in [1.54, 1.807) is 36.8 Å². The minimum absolute atomic E-state index is 0.294. The molecule has 0 saturated heterocycles. The number of pyridine rings is 1. The van der Waals surface area contributed by atoms with Gasteiger partial charge in [0.25, 0.3) is 0 Å². The van der Waals surface area contributed by atoms with E-state index in [4.69, 9.17) is 11.6 Å². The van der Waals surface area contributed by atoms with Gasteiger partial charge in [0.2, 0.25) is 0 Å². The first-order valence-electron chi connectivity index (χ1n) is 8.08. The topological polar surface area (TPSA) is 75.6 Å². The lowest BCUT2D eigenvalue weighted by Crippen LogP contribution is -2.07. The number of nitrogens with one attached hydrogen (secondary N) is 2. The van der Waals surface area contributed by atoms with Crippen LogP contribution in [0.3, 0.4) is 0 Å². The molecule has 2 N–H and O–H groups in total. The zero-order valence-electron chi connectivity index (χ0n) is 14.2. The average molecular weight is 401 g/mol. The van der Waals surface area contributed by atoms with Gasteiger partial charge >= 0.3 is 0 Å². The van der Waals surface area contributed by atoms with E-state index in [9.17, 15) is 4.39 Å². The van der Waals surface area contributed by atoms with Crippen LogP contribution in [-0.2, 0) is 6.54 Å². The van der Waals surface area contributed by atoms with Crippen LogP contribution in [0, 0.1) is 5.82 Å². The Morgan fingerprint density at radius 1 is 1.15 bits per heavy atom. The molecule has 3 aromatic heterocycles. The summed E-state index contributed by atoms with van der Waals surface area (Å²) in [4.78, 5) is 17.5. The molecule has 0 aliphatic rings. The summed E-state index contributed by atoms with van der Waals surface area (Å²) in [5.41, 5.74) is 1.83. The fourth-order valence-corrected chi connectivity index (χ4v) is 3.94. The lowest BCUT2D eigenvalue weighted by Gasteiger charge is -2.05. The van der Waals surface area contributed by atoms with Gasteiger partial charge in [0, 0.05) is 12.7 Å². The molecule has 4 aromatic rings. The smallest absolute Gasteiger partial charge is 0.151 e. The first-order valence-corrected chi connectivity index (χ1v) is 9.27. The molecule has 4 rings (SSSR count). The third-order valence-electron chi connectivity index (χ3n) is 3.79. The number of aromatic nitrogens is 4. The molecule has 0 radical (unpaired) electrons. The second kappa shape index (κ2) is 7.51. The van der Waals surface area contributed by atoms with Gasteiger partial charge in [0.15, 0.2) is 5.82 Å². The van der Waals surface area contributed by atoms with E-state index < -0.39 is 5.82 Å². The van der Waals surface area contributed by atoms with E-state index in [-0.39, 0.29) is 0 Å². The first-order chi connectivity index (χ1) is 13.2. The summed E-state index contributed by atoms with van der Waals surface area (Å²) in [5, 5.41) is 6.99. The van der Waals surface area contributed by atoms with E-state index in [1.807, 2.05) is 7.05 Å². The summed E-state index contributed by atoms with van der Waals surface area (Å²) >= 11 is 7.49. The van der Waals surface area contributed by atoms with Gasteiger partial charge < -0.3 is 10.6 Å². The molecule has 6 nitrogen and oxygen atoms in total. The van der Waals surface area contributed by atoms with Crippen LogP contribution in [0.15, 0.2) is 42.9 Å². The minimum atomic E-state index is -0.407. The van der Waals surface area contributed by atoms with Gasteiger partial charge in [0.1, 0.15) is 16.6 Å². The van der Waals surface area contributed by atoms with Crippen molar-refractivity contribution in [1.82, 2.24) is 25.3 Å². The molecule has 27 heavy (non-hydrogen) atoms. The van der Waals surface area contributed by atoms with Crippen LogP contribution in [0.4, 0.5) is 16.0 Å². The molecule has 1 aromatic carbocycles. The largest absolute Gasteiger partial charge is 0.322 e. The molecule has 0 fully saturated rings. The number of anilines is 2. The van der Waals surface area contributed by atoms with E-state index >= 15 is 0 Å². The Balaban J connectivity index is 1.71. The summed E-state index contributed by atoms with van der Waals surface area (Å²) < 4.78 is 15.0. The van der Waals surface area contributed by atoms with Crippen LogP contribution < -0.4 is 10.6 Å². The quantitative estimate of drug-likeness (QED) is 0.517. The van der Waals surface area contributed by atoms with Gasteiger partial charge in [-0.3, -0.25) is 4.98 Å².